The summed E-state index contributed by atoms with van der Waals surface area (Å²) in [6.45, 7) is 7.56. The van der Waals surface area contributed by atoms with E-state index >= 15 is 0 Å². The Bertz CT molecular complexity index is 1780. The fourth-order valence-corrected chi connectivity index (χ4v) is 6.88. The normalized spacial score (nSPS) is 15.0. The molecule has 3 heterocycles. The first-order valence-electron chi connectivity index (χ1n) is 16.0. The summed E-state index contributed by atoms with van der Waals surface area (Å²) in [7, 11) is 0. The monoisotopic (exact) mass is 627 g/mol. The Balaban J connectivity index is 1.07. The number of aryl methyl sites for hydroxylation is 1. The van der Waals surface area contributed by atoms with E-state index in [2.05, 4.69) is 101 Å². The van der Waals surface area contributed by atoms with E-state index in [1.807, 2.05) is 41.4 Å². The molecule has 1 saturated heterocycles. The molecule has 5 aromatic rings. The summed E-state index contributed by atoms with van der Waals surface area (Å²) in [5.41, 5.74) is 8.71. The minimum atomic E-state index is 0.0723. The molecule has 2 aliphatic heterocycles. The molecule has 2 aliphatic rings. The number of piperazine rings is 1. The molecular weight excluding hydrogens is 590 g/mol. The molecule has 46 heavy (non-hydrogen) atoms. The third-order valence-corrected chi connectivity index (χ3v) is 9.43. The number of aromatic nitrogens is 1. The van der Waals surface area contributed by atoms with Crippen molar-refractivity contribution in [3.8, 4) is 11.1 Å². The summed E-state index contributed by atoms with van der Waals surface area (Å²) in [5, 5.41) is 4.19. The molecular formula is C39H38ClN5O. The number of amides is 1. The number of nitrogens with one attached hydrogen (secondary N) is 1. The number of nitrogens with zero attached hydrogens (tertiary/aromatic N) is 4. The summed E-state index contributed by atoms with van der Waals surface area (Å²) in [6.07, 6.45) is 1.90. The highest BCUT2D eigenvalue weighted by Gasteiger charge is 2.29. The molecule has 7 rings (SSSR count). The van der Waals surface area contributed by atoms with E-state index in [1.165, 1.54) is 22.3 Å². The van der Waals surface area contributed by atoms with Gasteiger partial charge >= 0.3 is 0 Å². The van der Waals surface area contributed by atoms with E-state index in [-0.39, 0.29) is 11.9 Å². The molecule has 6 nitrogen and oxygen atoms in total. The van der Waals surface area contributed by atoms with Gasteiger partial charge in [0.05, 0.1) is 11.7 Å². The fourth-order valence-electron chi connectivity index (χ4n) is 6.68. The predicted molar refractivity (Wildman–Crippen MR) is 188 cm³/mol. The Morgan fingerprint density at radius 1 is 0.804 bits per heavy atom. The van der Waals surface area contributed by atoms with Gasteiger partial charge in [-0.15, -0.1) is 0 Å². The quantitative estimate of drug-likeness (QED) is 0.201. The molecule has 232 valence electrons. The van der Waals surface area contributed by atoms with Crippen molar-refractivity contribution in [2.45, 2.75) is 19.5 Å². The van der Waals surface area contributed by atoms with Crippen molar-refractivity contribution in [2.24, 2.45) is 0 Å². The lowest BCUT2D eigenvalue weighted by Crippen LogP contribution is -2.49. The van der Waals surface area contributed by atoms with Crippen molar-refractivity contribution in [1.29, 1.82) is 0 Å². The molecule has 0 bridgehead atoms. The van der Waals surface area contributed by atoms with Crippen molar-refractivity contribution in [2.75, 3.05) is 49.5 Å². The van der Waals surface area contributed by atoms with Gasteiger partial charge in [0.2, 0.25) is 0 Å². The third kappa shape index (κ3) is 6.37. The highest BCUT2D eigenvalue weighted by molar-refractivity contribution is 6.30. The minimum absolute atomic E-state index is 0.0723. The SMILES string of the molecule is Cc1ccc(Cl)cc1CN1CCNc2ncc(-c3cccc(C(=O)N4CCN(C(c5ccccc5)c5ccccc5)CC4)c3)cc21. The van der Waals surface area contributed by atoms with Crippen molar-refractivity contribution >= 4 is 29.0 Å². The molecule has 4 aromatic carbocycles. The summed E-state index contributed by atoms with van der Waals surface area (Å²) >= 11 is 6.33. The molecule has 0 spiro atoms. The van der Waals surface area contributed by atoms with Gasteiger partial charge in [0, 0.05) is 68.2 Å². The van der Waals surface area contributed by atoms with Gasteiger partial charge in [-0.1, -0.05) is 90.5 Å². The number of benzene rings is 4. The first-order valence-corrected chi connectivity index (χ1v) is 16.4. The average molecular weight is 628 g/mol. The van der Waals surface area contributed by atoms with Crippen LogP contribution in [0.2, 0.25) is 5.02 Å². The van der Waals surface area contributed by atoms with Crippen molar-refractivity contribution in [1.82, 2.24) is 14.8 Å². The van der Waals surface area contributed by atoms with Crippen LogP contribution >= 0.6 is 11.6 Å². The molecule has 0 aliphatic carbocycles. The van der Waals surface area contributed by atoms with Gasteiger partial charge in [-0.25, -0.2) is 4.98 Å². The van der Waals surface area contributed by atoms with E-state index in [0.29, 0.717) is 18.7 Å². The number of halogens is 1. The molecule has 1 amide bonds. The van der Waals surface area contributed by atoms with Crippen LogP contribution in [-0.4, -0.2) is 60.0 Å². The molecule has 7 heteroatoms. The van der Waals surface area contributed by atoms with Gasteiger partial charge in [-0.2, -0.15) is 0 Å². The van der Waals surface area contributed by atoms with E-state index in [9.17, 15) is 4.79 Å². The lowest BCUT2D eigenvalue weighted by atomic mass is 9.96. The zero-order chi connectivity index (χ0) is 31.5. The Morgan fingerprint density at radius 3 is 2.24 bits per heavy atom. The number of carbonyl (C=O) groups excluding carboxylic acids is 1. The van der Waals surface area contributed by atoms with Crippen LogP contribution in [0.1, 0.15) is 38.7 Å². The van der Waals surface area contributed by atoms with Gasteiger partial charge in [0.25, 0.3) is 5.91 Å². The molecule has 0 radical (unpaired) electrons. The van der Waals surface area contributed by atoms with Crippen LogP contribution in [0.5, 0.6) is 0 Å². The predicted octanol–water partition coefficient (Wildman–Crippen LogP) is 7.69. The topological polar surface area (TPSA) is 51.7 Å². The molecule has 1 fully saturated rings. The van der Waals surface area contributed by atoms with Crippen molar-refractivity contribution in [3.05, 3.63) is 148 Å². The molecule has 1 aromatic heterocycles. The first kappa shape index (κ1) is 30.0. The molecule has 0 atom stereocenters. The maximum atomic E-state index is 13.8. The zero-order valence-electron chi connectivity index (χ0n) is 26.1. The van der Waals surface area contributed by atoms with Gasteiger partial charge < -0.3 is 15.1 Å². The first-order chi connectivity index (χ1) is 22.5. The van der Waals surface area contributed by atoms with Gasteiger partial charge in [0.15, 0.2) is 0 Å². The lowest BCUT2D eigenvalue weighted by Gasteiger charge is -2.39. The van der Waals surface area contributed by atoms with Crippen molar-refractivity contribution in [3.63, 3.8) is 0 Å². The van der Waals surface area contributed by atoms with Crippen LogP contribution in [0.4, 0.5) is 11.5 Å². The maximum Gasteiger partial charge on any atom is 0.253 e. The van der Waals surface area contributed by atoms with Gasteiger partial charge in [-0.05, 0) is 65.1 Å². The van der Waals surface area contributed by atoms with E-state index < -0.39 is 0 Å². The summed E-state index contributed by atoms with van der Waals surface area (Å²) in [4.78, 5) is 25.4. The fraction of sp³-hybridized carbons (Fsp3) is 0.231. The van der Waals surface area contributed by atoms with Crippen LogP contribution in [0.25, 0.3) is 11.1 Å². The van der Waals surface area contributed by atoms with E-state index in [1.54, 1.807) is 0 Å². The van der Waals surface area contributed by atoms with E-state index in [4.69, 9.17) is 16.6 Å². The average Bonchev–Trinajstić information content (AvgIpc) is 3.11. The Kier molecular flexibility index (Phi) is 8.73. The minimum Gasteiger partial charge on any atom is -0.367 e. The number of hydrogen-bond donors (Lipinski definition) is 1. The van der Waals surface area contributed by atoms with Crippen LogP contribution in [0.15, 0.2) is 115 Å². The summed E-state index contributed by atoms with van der Waals surface area (Å²) in [6, 6.07) is 37.7. The molecule has 1 N–H and O–H groups in total. The van der Waals surface area contributed by atoms with Gasteiger partial charge in [-0.3, -0.25) is 9.69 Å². The smallest absolute Gasteiger partial charge is 0.253 e. The van der Waals surface area contributed by atoms with Crippen LogP contribution in [-0.2, 0) is 6.54 Å². The number of rotatable bonds is 7. The second-order valence-electron chi connectivity index (χ2n) is 12.1. The Labute approximate surface area is 276 Å². The molecule has 0 saturated carbocycles. The zero-order valence-corrected chi connectivity index (χ0v) is 26.8. The Morgan fingerprint density at radius 2 is 1.52 bits per heavy atom. The molecule has 0 unspecified atom stereocenters. The second-order valence-corrected chi connectivity index (χ2v) is 12.6. The third-order valence-electron chi connectivity index (χ3n) is 9.19. The van der Waals surface area contributed by atoms with Crippen LogP contribution in [0, 0.1) is 6.92 Å². The number of hydrogen-bond acceptors (Lipinski definition) is 5. The number of pyridine rings is 1. The summed E-state index contributed by atoms with van der Waals surface area (Å²) < 4.78 is 0. The standard InChI is InChI=1S/C39H38ClN5O/c1-28-15-16-35(40)24-34(28)27-45-18-17-41-38-36(45)25-33(26-42-38)31-13-8-14-32(23-31)39(46)44-21-19-43(20-22-44)37(29-9-4-2-5-10-29)30-11-6-3-7-12-30/h2-16,23-26,37H,17-22,27H2,1H3,(H,41,42). The second kappa shape index (κ2) is 13.4. The van der Waals surface area contributed by atoms with Crippen molar-refractivity contribution < 1.29 is 4.79 Å². The maximum absolute atomic E-state index is 13.8. The highest BCUT2D eigenvalue weighted by atomic mass is 35.5. The number of carbonyl (C=O) groups is 1. The highest BCUT2D eigenvalue weighted by Crippen LogP contribution is 2.34. The summed E-state index contributed by atoms with van der Waals surface area (Å²) in [5.74, 6) is 0.951. The van der Waals surface area contributed by atoms with Crippen LogP contribution < -0.4 is 10.2 Å². The number of anilines is 2. The van der Waals surface area contributed by atoms with Crippen LogP contribution in [0.3, 0.4) is 0 Å². The largest absolute Gasteiger partial charge is 0.367 e. The van der Waals surface area contributed by atoms with E-state index in [0.717, 1.165) is 60.4 Å². The number of fused-ring (bicyclic) bond motifs is 1. The Hall–Kier alpha value is -4.65. The lowest BCUT2D eigenvalue weighted by molar-refractivity contribution is 0.0597. The van der Waals surface area contributed by atoms with Gasteiger partial charge in [0.1, 0.15) is 5.82 Å².